The Morgan fingerprint density at radius 1 is 1.57 bits per heavy atom. The molecule has 1 atom stereocenters. The van der Waals surface area contributed by atoms with Crippen LogP contribution in [0.15, 0.2) is 24.3 Å². The van der Waals surface area contributed by atoms with Crippen LogP contribution in [0.25, 0.3) is 10.4 Å². The van der Waals surface area contributed by atoms with Crippen LogP contribution in [0.5, 0.6) is 0 Å². The van der Waals surface area contributed by atoms with Crippen LogP contribution in [0, 0.1) is 6.92 Å². The van der Waals surface area contributed by atoms with E-state index in [0.717, 1.165) is 28.4 Å². The minimum atomic E-state index is -0.0315. The maximum atomic E-state index is 12.7. The zero-order valence-electron chi connectivity index (χ0n) is 11.7. The van der Waals surface area contributed by atoms with Gasteiger partial charge in [-0.3, -0.25) is 4.79 Å². The molecule has 1 saturated heterocycles. The van der Waals surface area contributed by atoms with E-state index in [9.17, 15) is 4.79 Å². The zero-order valence-corrected chi connectivity index (χ0v) is 13.2. The topological polar surface area (TPSA) is 59.2 Å². The van der Waals surface area contributed by atoms with Crippen LogP contribution >= 0.6 is 22.9 Å². The fourth-order valence-electron chi connectivity index (χ4n) is 2.49. The Hall–Kier alpha value is -1.43. The summed E-state index contributed by atoms with van der Waals surface area (Å²) < 4.78 is 0. The number of benzene rings is 1. The molecule has 1 unspecified atom stereocenters. The third kappa shape index (κ3) is 2.69. The van der Waals surface area contributed by atoms with Crippen LogP contribution in [-0.2, 0) is 0 Å². The van der Waals surface area contributed by atoms with Gasteiger partial charge in [-0.05, 0) is 31.0 Å². The number of amides is 1. The Morgan fingerprint density at radius 2 is 2.38 bits per heavy atom. The first-order valence-corrected chi connectivity index (χ1v) is 8.04. The largest absolute Gasteiger partial charge is 0.333 e. The predicted octanol–water partition coefficient (Wildman–Crippen LogP) is 2.95. The van der Waals surface area contributed by atoms with Gasteiger partial charge in [-0.25, -0.2) is 4.98 Å². The number of likely N-dealkylation sites (tertiary alicyclic amines) is 1. The first-order chi connectivity index (χ1) is 10.1. The van der Waals surface area contributed by atoms with Crippen LogP contribution in [-0.4, -0.2) is 34.9 Å². The van der Waals surface area contributed by atoms with Gasteiger partial charge in [0.25, 0.3) is 5.91 Å². The van der Waals surface area contributed by atoms with Gasteiger partial charge in [0.15, 0.2) is 0 Å². The van der Waals surface area contributed by atoms with Gasteiger partial charge < -0.3 is 10.6 Å². The van der Waals surface area contributed by atoms with E-state index in [-0.39, 0.29) is 11.9 Å². The molecule has 3 rings (SSSR count). The minimum Gasteiger partial charge on any atom is -0.333 e. The molecule has 2 heterocycles. The van der Waals surface area contributed by atoms with E-state index in [0.29, 0.717) is 17.3 Å². The number of rotatable bonds is 3. The number of aryl methyl sites for hydroxylation is 1. The van der Waals surface area contributed by atoms with E-state index in [2.05, 4.69) is 4.98 Å². The maximum absolute atomic E-state index is 12.7. The SMILES string of the molecule is Cc1nc(C(=O)N2CCC2CN)c(-c2cccc(Cl)c2)s1. The average molecular weight is 322 g/mol. The molecule has 1 fully saturated rings. The predicted molar refractivity (Wildman–Crippen MR) is 85.8 cm³/mol. The second-order valence-corrected chi connectivity index (χ2v) is 6.74. The lowest BCUT2D eigenvalue weighted by Crippen LogP contribution is -2.54. The highest BCUT2D eigenvalue weighted by Gasteiger charge is 2.34. The highest BCUT2D eigenvalue weighted by Crippen LogP contribution is 2.33. The van der Waals surface area contributed by atoms with E-state index in [4.69, 9.17) is 17.3 Å². The lowest BCUT2D eigenvalue weighted by atomic mass is 10.0. The number of nitrogens with zero attached hydrogens (tertiary/aromatic N) is 2. The smallest absolute Gasteiger partial charge is 0.274 e. The van der Waals surface area contributed by atoms with Crippen molar-refractivity contribution in [2.75, 3.05) is 13.1 Å². The van der Waals surface area contributed by atoms with Crippen molar-refractivity contribution < 1.29 is 4.79 Å². The van der Waals surface area contributed by atoms with Crippen molar-refractivity contribution in [3.8, 4) is 10.4 Å². The Balaban J connectivity index is 1.98. The number of thiazole rings is 1. The van der Waals surface area contributed by atoms with Crippen molar-refractivity contribution in [1.82, 2.24) is 9.88 Å². The van der Waals surface area contributed by atoms with Gasteiger partial charge in [0.2, 0.25) is 0 Å². The number of carbonyl (C=O) groups excluding carboxylic acids is 1. The average Bonchev–Trinajstić information content (AvgIpc) is 2.80. The van der Waals surface area contributed by atoms with Crippen molar-refractivity contribution in [2.24, 2.45) is 5.73 Å². The first-order valence-electron chi connectivity index (χ1n) is 6.84. The van der Waals surface area contributed by atoms with Gasteiger partial charge in [-0.1, -0.05) is 23.7 Å². The molecule has 0 spiro atoms. The van der Waals surface area contributed by atoms with Crippen molar-refractivity contribution in [2.45, 2.75) is 19.4 Å². The quantitative estimate of drug-likeness (QED) is 0.945. The van der Waals surface area contributed by atoms with E-state index in [1.54, 1.807) is 0 Å². The summed E-state index contributed by atoms with van der Waals surface area (Å²) in [6.07, 6.45) is 0.970. The molecule has 1 aromatic heterocycles. The summed E-state index contributed by atoms with van der Waals surface area (Å²) in [5, 5.41) is 1.53. The highest BCUT2D eigenvalue weighted by atomic mass is 35.5. The number of carbonyl (C=O) groups is 1. The molecule has 6 heteroatoms. The second-order valence-electron chi connectivity index (χ2n) is 5.10. The summed E-state index contributed by atoms with van der Waals surface area (Å²) in [4.78, 5) is 19.8. The van der Waals surface area contributed by atoms with Crippen molar-refractivity contribution >= 4 is 28.8 Å². The summed E-state index contributed by atoms with van der Waals surface area (Å²) in [6, 6.07) is 7.66. The minimum absolute atomic E-state index is 0.0315. The number of aromatic nitrogens is 1. The highest BCUT2D eigenvalue weighted by molar-refractivity contribution is 7.15. The maximum Gasteiger partial charge on any atom is 0.274 e. The van der Waals surface area contributed by atoms with E-state index < -0.39 is 0 Å². The Labute approximate surface area is 132 Å². The molecular formula is C15H16ClN3OS. The molecule has 1 aliphatic rings. The third-order valence-electron chi connectivity index (χ3n) is 3.70. The van der Waals surface area contributed by atoms with Gasteiger partial charge in [0, 0.05) is 24.2 Å². The van der Waals surface area contributed by atoms with Crippen molar-refractivity contribution in [3.63, 3.8) is 0 Å². The summed E-state index contributed by atoms with van der Waals surface area (Å²) in [5.41, 5.74) is 7.13. The van der Waals surface area contributed by atoms with Crippen LogP contribution < -0.4 is 5.73 Å². The normalized spacial score (nSPS) is 17.7. The molecule has 1 aromatic carbocycles. The third-order valence-corrected chi connectivity index (χ3v) is 4.96. The molecule has 2 aromatic rings. The number of hydrogen-bond acceptors (Lipinski definition) is 4. The lowest BCUT2D eigenvalue weighted by Gasteiger charge is -2.40. The molecule has 21 heavy (non-hydrogen) atoms. The first kappa shape index (κ1) is 14.5. The zero-order chi connectivity index (χ0) is 15.0. The molecule has 1 aliphatic heterocycles. The van der Waals surface area contributed by atoms with Gasteiger partial charge >= 0.3 is 0 Å². The Bertz CT molecular complexity index is 683. The molecule has 2 N–H and O–H groups in total. The van der Waals surface area contributed by atoms with Gasteiger partial charge in [0.05, 0.1) is 9.88 Å². The van der Waals surface area contributed by atoms with Crippen LogP contribution in [0.1, 0.15) is 21.9 Å². The molecule has 0 bridgehead atoms. The summed E-state index contributed by atoms with van der Waals surface area (Å²) in [6.45, 7) is 3.17. The van der Waals surface area contributed by atoms with E-state index in [1.807, 2.05) is 36.1 Å². The summed E-state index contributed by atoms with van der Waals surface area (Å²) in [5.74, 6) is -0.0315. The summed E-state index contributed by atoms with van der Waals surface area (Å²) in [7, 11) is 0. The van der Waals surface area contributed by atoms with Gasteiger partial charge in [-0.2, -0.15) is 0 Å². The number of hydrogen-bond donors (Lipinski definition) is 1. The van der Waals surface area contributed by atoms with E-state index in [1.165, 1.54) is 11.3 Å². The fourth-order valence-corrected chi connectivity index (χ4v) is 3.58. The molecule has 0 radical (unpaired) electrons. The molecule has 0 aliphatic carbocycles. The van der Waals surface area contributed by atoms with Crippen LogP contribution in [0.4, 0.5) is 0 Å². The van der Waals surface area contributed by atoms with Gasteiger partial charge in [0.1, 0.15) is 5.69 Å². The fraction of sp³-hybridized carbons (Fsp3) is 0.333. The molecule has 1 amide bonds. The molecule has 0 saturated carbocycles. The van der Waals surface area contributed by atoms with Crippen molar-refractivity contribution in [3.05, 3.63) is 40.0 Å². The second kappa shape index (κ2) is 5.75. The van der Waals surface area contributed by atoms with Crippen LogP contribution in [0.2, 0.25) is 5.02 Å². The van der Waals surface area contributed by atoms with Crippen LogP contribution in [0.3, 0.4) is 0 Å². The lowest BCUT2D eigenvalue weighted by molar-refractivity contribution is 0.0477. The summed E-state index contributed by atoms with van der Waals surface area (Å²) >= 11 is 7.57. The molecule has 4 nitrogen and oxygen atoms in total. The number of nitrogens with two attached hydrogens (primary N) is 1. The van der Waals surface area contributed by atoms with Gasteiger partial charge in [-0.15, -0.1) is 11.3 Å². The standard InChI is InChI=1S/C15H16ClN3OS/c1-9-18-13(15(20)19-6-5-12(19)8-17)14(21-9)10-3-2-4-11(16)7-10/h2-4,7,12H,5-6,8,17H2,1H3. The monoisotopic (exact) mass is 321 g/mol. The number of halogens is 1. The Kier molecular flexibility index (Phi) is 3.97. The van der Waals surface area contributed by atoms with E-state index >= 15 is 0 Å². The Morgan fingerprint density at radius 3 is 3.00 bits per heavy atom. The van der Waals surface area contributed by atoms with Crippen molar-refractivity contribution in [1.29, 1.82) is 0 Å². The molecular weight excluding hydrogens is 306 g/mol. The molecule has 110 valence electrons.